The second kappa shape index (κ2) is 9.09. The smallest absolute Gasteiger partial charge is 0.271 e. The van der Waals surface area contributed by atoms with Crippen LogP contribution in [0.1, 0.15) is 67.8 Å². The second-order valence-electron chi connectivity index (χ2n) is 7.77. The van der Waals surface area contributed by atoms with Crippen LogP contribution in [-0.4, -0.2) is 28.0 Å². The number of aromatic nitrogens is 2. The van der Waals surface area contributed by atoms with Crippen LogP contribution in [0.15, 0.2) is 30.3 Å². The molecule has 0 spiro atoms. The molecule has 1 N–H and O–H groups in total. The van der Waals surface area contributed by atoms with Gasteiger partial charge in [-0.25, -0.2) is 0 Å². The number of hydrogen-bond donors (Lipinski definition) is 1. The Kier molecular flexibility index (Phi) is 7.09. The zero-order chi connectivity index (χ0) is 20.0. The van der Waals surface area contributed by atoms with Crippen molar-refractivity contribution >= 4 is 17.7 Å². The van der Waals surface area contributed by atoms with Crippen LogP contribution in [0.2, 0.25) is 0 Å². The molecule has 2 rings (SSSR count). The summed E-state index contributed by atoms with van der Waals surface area (Å²) in [4.78, 5) is 12.5. The van der Waals surface area contributed by atoms with Gasteiger partial charge in [-0.05, 0) is 44.4 Å². The third-order valence-electron chi connectivity index (χ3n) is 4.12. The molecule has 0 unspecified atom stereocenters. The predicted molar refractivity (Wildman–Crippen MR) is 111 cm³/mol. The van der Waals surface area contributed by atoms with Crippen LogP contribution >= 0.6 is 11.8 Å². The van der Waals surface area contributed by atoms with Crippen molar-refractivity contribution in [3.8, 4) is 6.07 Å². The van der Waals surface area contributed by atoms with Gasteiger partial charge in [-0.1, -0.05) is 32.0 Å². The molecule has 1 heterocycles. The van der Waals surface area contributed by atoms with Gasteiger partial charge in [-0.3, -0.25) is 9.48 Å². The van der Waals surface area contributed by atoms with Crippen LogP contribution in [0.4, 0.5) is 0 Å². The highest BCUT2D eigenvalue weighted by Gasteiger charge is 2.23. The molecular formula is C21H28N4OS. The van der Waals surface area contributed by atoms with Gasteiger partial charge < -0.3 is 5.32 Å². The molecule has 1 aromatic carbocycles. The number of nitriles is 1. The van der Waals surface area contributed by atoms with Crippen molar-refractivity contribution in [3.05, 3.63) is 52.8 Å². The van der Waals surface area contributed by atoms with Crippen LogP contribution in [0.25, 0.3) is 0 Å². The zero-order valence-electron chi connectivity index (χ0n) is 16.7. The SMILES string of the molecule is CC(C)c1cc(C(=O)NCCSCc2ccccc2C#N)nn1C(C)(C)C. The maximum absolute atomic E-state index is 12.5. The largest absolute Gasteiger partial charge is 0.350 e. The molecule has 1 amide bonds. The van der Waals surface area contributed by atoms with Gasteiger partial charge >= 0.3 is 0 Å². The number of nitrogens with one attached hydrogen (secondary N) is 1. The van der Waals surface area contributed by atoms with Gasteiger partial charge in [0.2, 0.25) is 0 Å². The average Bonchev–Trinajstić information content (AvgIpc) is 3.08. The van der Waals surface area contributed by atoms with Gasteiger partial charge in [0, 0.05) is 23.7 Å². The summed E-state index contributed by atoms with van der Waals surface area (Å²) in [5, 5.41) is 16.6. The lowest BCUT2D eigenvalue weighted by Gasteiger charge is -2.23. The lowest BCUT2D eigenvalue weighted by Crippen LogP contribution is -2.28. The summed E-state index contributed by atoms with van der Waals surface area (Å²) in [5.74, 6) is 1.70. The second-order valence-corrected chi connectivity index (χ2v) is 8.87. The Hall–Kier alpha value is -2.26. The number of amides is 1. The van der Waals surface area contributed by atoms with E-state index in [0.29, 0.717) is 23.7 Å². The summed E-state index contributed by atoms with van der Waals surface area (Å²) < 4.78 is 1.94. The molecule has 0 aliphatic heterocycles. The standard InChI is InChI=1S/C21H28N4OS/c1-15(2)19-12-18(24-25(19)21(3,4)5)20(26)23-10-11-27-14-17-9-7-6-8-16(17)13-22/h6-9,12,15H,10-11,14H2,1-5H3,(H,23,26). The molecule has 0 saturated carbocycles. The molecule has 144 valence electrons. The van der Waals surface area contributed by atoms with E-state index in [4.69, 9.17) is 5.26 Å². The summed E-state index contributed by atoms with van der Waals surface area (Å²) in [7, 11) is 0. The minimum atomic E-state index is -0.165. The van der Waals surface area contributed by atoms with Gasteiger partial charge in [0.1, 0.15) is 5.69 Å². The number of carbonyl (C=O) groups excluding carboxylic acids is 1. The lowest BCUT2D eigenvalue weighted by molar-refractivity contribution is 0.0949. The van der Waals surface area contributed by atoms with Gasteiger partial charge in [-0.15, -0.1) is 0 Å². The summed E-state index contributed by atoms with van der Waals surface area (Å²) >= 11 is 1.70. The van der Waals surface area contributed by atoms with E-state index >= 15 is 0 Å². The fraction of sp³-hybridized carbons (Fsp3) is 0.476. The predicted octanol–water partition coefficient (Wildman–Crippen LogP) is 4.30. The minimum Gasteiger partial charge on any atom is -0.350 e. The van der Waals surface area contributed by atoms with Crippen molar-refractivity contribution in [1.82, 2.24) is 15.1 Å². The molecule has 0 fully saturated rings. The molecule has 0 aliphatic carbocycles. The molecule has 2 aromatic rings. The van der Waals surface area contributed by atoms with E-state index in [-0.39, 0.29) is 11.4 Å². The Morgan fingerprint density at radius 3 is 2.63 bits per heavy atom. The van der Waals surface area contributed by atoms with Crippen LogP contribution in [-0.2, 0) is 11.3 Å². The summed E-state index contributed by atoms with van der Waals surface area (Å²) in [6, 6.07) is 11.7. The third-order valence-corrected chi connectivity index (χ3v) is 5.13. The Balaban J connectivity index is 1.88. The number of thioether (sulfide) groups is 1. The van der Waals surface area contributed by atoms with Crippen molar-refractivity contribution in [2.75, 3.05) is 12.3 Å². The molecule has 0 atom stereocenters. The maximum Gasteiger partial charge on any atom is 0.271 e. The average molecular weight is 385 g/mol. The first-order valence-electron chi connectivity index (χ1n) is 9.18. The number of carbonyl (C=O) groups is 1. The normalized spacial score (nSPS) is 11.4. The van der Waals surface area contributed by atoms with Crippen LogP contribution in [0.3, 0.4) is 0 Å². The summed E-state index contributed by atoms with van der Waals surface area (Å²) in [5.41, 5.74) is 3.11. The maximum atomic E-state index is 12.5. The molecule has 0 bridgehead atoms. The Labute approximate surface area is 166 Å². The monoisotopic (exact) mass is 384 g/mol. The Morgan fingerprint density at radius 1 is 1.33 bits per heavy atom. The zero-order valence-corrected chi connectivity index (χ0v) is 17.6. The van der Waals surface area contributed by atoms with E-state index in [9.17, 15) is 4.79 Å². The van der Waals surface area contributed by atoms with Gasteiger partial charge in [0.25, 0.3) is 5.91 Å². The fourth-order valence-electron chi connectivity index (χ4n) is 2.72. The van der Waals surface area contributed by atoms with Crippen molar-refractivity contribution in [1.29, 1.82) is 5.26 Å². The van der Waals surface area contributed by atoms with E-state index in [2.05, 4.69) is 51.1 Å². The molecule has 0 aliphatic rings. The lowest BCUT2D eigenvalue weighted by atomic mass is 10.1. The van der Waals surface area contributed by atoms with Crippen molar-refractivity contribution < 1.29 is 4.79 Å². The van der Waals surface area contributed by atoms with E-state index in [0.717, 1.165) is 22.8 Å². The van der Waals surface area contributed by atoms with Crippen molar-refractivity contribution in [3.63, 3.8) is 0 Å². The Morgan fingerprint density at radius 2 is 2.04 bits per heavy atom. The summed E-state index contributed by atoms with van der Waals surface area (Å²) in [6.45, 7) is 11.0. The van der Waals surface area contributed by atoms with Crippen LogP contribution in [0.5, 0.6) is 0 Å². The first-order chi connectivity index (χ1) is 12.7. The highest BCUT2D eigenvalue weighted by Crippen LogP contribution is 2.23. The topological polar surface area (TPSA) is 70.7 Å². The molecule has 5 nitrogen and oxygen atoms in total. The number of rotatable bonds is 7. The molecule has 0 saturated heterocycles. The number of nitrogens with zero attached hydrogens (tertiary/aromatic N) is 3. The number of hydrogen-bond acceptors (Lipinski definition) is 4. The quantitative estimate of drug-likeness (QED) is 0.723. The molecule has 1 aromatic heterocycles. The van der Waals surface area contributed by atoms with Crippen LogP contribution in [0, 0.1) is 11.3 Å². The Bertz CT molecular complexity index is 827. The first kappa shape index (κ1) is 21.0. The van der Waals surface area contributed by atoms with Gasteiger partial charge in [-0.2, -0.15) is 22.1 Å². The first-order valence-corrected chi connectivity index (χ1v) is 10.3. The molecule has 27 heavy (non-hydrogen) atoms. The van der Waals surface area contributed by atoms with E-state index in [1.165, 1.54) is 0 Å². The highest BCUT2D eigenvalue weighted by atomic mass is 32.2. The van der Waals surface area contributed by atoms with E-state index < -0.39 is 0 Å². The molecule has 6 heteroatoms. The molecule has 0 radical (unpaired) electrons. The van der Waals surface area contributed by atoms with Gasteiger partial charge in [0.05, 0.1) is 17.2 Å². The van der Waals surface area contributed by atoms with Crippen molar-refractivity contribution in [2.45, 2.75) is 51.8 Å². The highest BCUT2D eigenvalue weighted by molar-refractivity contribution is 7.98. The third kappa shape index (κ3) is 5.61. The van der Waals surface area contributed by atoms with E-state index in [1.54, 1.807) is 11.8 Å². The van der Waals surface area contributed by atoms with E-state index in [1.807, 2.05) is 35.0 Å². The van der Waals surface area contributed by atoms with Crippen molar-refractivity contribution in [2.24, 2.45) is 0 Å². The summed E-state index contributed by atoms with van der Waals surface area (Å²) in [6.07, 6.45) is 0. The molecular weight excluding hydrogens is 356 g/mol. The number of benzene rings is 1. The minimum absolute atomic E-state index is 0.141. The van der Waals surface area contributed by atoms with Gasteiger partial charge in [0.15, 0.2) is 0 Å². The van der Waals surface area contributed by atoms with Crippen LogP contribution < -0.4 is 5.32 Å². The fourth-order valence-corrected chi connectivity index (χ4v) is 3.58.